The third-order valence-corrected chi connectivity index (χ3v) is 12.2. The Morgan fingerprint density at radius 3 is 1.75 bits per heavy atom. The molecule has 0 aliphatic heterocycles. The number of hydrogen-bond acceptors (Lipinski definition) is 0. The van der Waals surface area contributed by atoms with E-state index < -0.39 is 8.07 Å². The average Bonchev–Trinajstić information content (AvgIpc) is 3.12. The Morgan fingerprint density at radius 2 is 1.31 bits per heavy atom. The van der Waals surface area contributed by atoms with E-state index in [-0.39, 0.29) is 63.3 Å². The third kappa shape index (κ3) is 9.52. The number of fused-ring (bicyclic) bond motifs is 1. The van der Waals surface area contributed by atoms with E-state index in [0.29, 0.717) is 0 Å². The quantitative estimate of drug-likeness (QED) is 0.246. The molecule has 0 amide bonds. The minimum atomic E-state index is -1.19. The standard InChI is InChI=1S/C13H26Si.C12H18.CH4.4CH3.Zr/c1-8-14(6,7)13-11(4)9(2)10(3)12(13)5;1-2-5-10-8-9-11-6-3-4-7-12(10)11;;;;;;/h8-13H,1H2,2-7H3;3-4,6-7,10-12H,2,5,8-9H2,1H3;1H4;4*1H3;/q;;;4*-1;+4. The molecule has 7 unspecified atom stereocenters. The normalized spacial score (nSPS) is 33.7. The van der Waals surface area contributed by atoms with Crippen molar-refractivity contribution >= 4 is 8.07 Å². The van der Waals surface area contributed by atoms with E-state index in [0.717, 1.165) is 47.0 Å². The molecule has 2 saturated carbocycles. The Morgan fingerprint density at radius 1 is 0.844 bits per heavy atom. The zero-order chi connectivity index (χ0) is 19.5. The summed E-state index contributed by atoms with van der Waals surface area (Å²) in [6.07, 6.45) is 14.9. The summed E-state index contributed by atoms with van der Waals surface area (Å²) < 4.78 is 0. The summed E-state index contributed by atoms with van der Waals surface area (Å²) in [6.45, 7) is 21.1. The first-order valence-corrected chi connectivity index (χ1v) is 14.4. The smallest absolute Gasteiger partial charge is 0.358 e. The molecule has 0 saturated heterocycles. The average molecular weight is 540 g/mol. The Balaban J connectivity index is -0.000000128. The van der Waals surface area contributed by atoms with Gasteiger partial charge in [0.1, 0.15) is 0 Å². The van der Waals surface area contributed by atoms with Gasteiger partial charge in [-0.25, -0.2) is 0 Å². The predicted molar refractivity (Wildman–Crippen MR) is 153 cm³/mol. The van der Waals surface area contributed by atoms with Crippen LogP contribution in [-0.2, 0) is 26.2 Å². The van der Waals surface area contributed by atoms with Gasteiger partial charge in [-0.05, 0) is 59.8 Å². The van der Waals surface area contributed by atoms with Crippen LogP contribution in [-0.4, -0.2) is 8.07 Å². The molecule has 3 aliphatic rings. The fourth-order valence-electron chi connectivity index (χ4n) is 6.35. The molecule has 0 aromatic carbocycles. The maximum atomic E-state index is 4.06. The molecule has 3 rings (SSSR count). The molecule has 0 radical (unpaired) electrons. The van der Waals surface area contributed by atoms with Crippen LogP contribution in [0.3, 0.4) is 0 Å². The summed E-state index contributed by atoms with van der Waals surface area (Å²) in [5, 5.41) is 0. The molecule has 0 aromatic heterocycles. The molecule has 188 valence electrons. The van der Waals surface area contributed by atoms with Crippen LogP contribution in [0.15, 0.2) is 36.6 Å². The van der Waals surface area contributed by atoms with Gasteiger partial charge >= 0.3 is 26.2 Å². The molecular formula is C30H60SiZr. The summed E-state index contributed by atoms with van der Waals surface area (Å²) in [5.41, 5.74) is 3.22. The Bertz CT molecular complexity index is 507. The van der Waals surface area contributed by atoms with Gasteiger partial charge in [0.15, 0.2) is 0 Å². The van der Waals surface area contributed by atoms with Crippen LogP contribution in [0.25, 0.3) is 0 Å². The van der Waals surface area contributed by atoms with Gasteiger partial charge in [-0.15, -0.1) is 12.3 Å². The van der Waals surface area contributed by atoms with Gasteiger partial charge < -0.3 is 29.7 Å². The first-order chi connectivity index (χ1) is 12.2. The van der Waals surface area contributed by atoms with Crippen LogP contribution < -0.4 is 0 Å². The first kappa shape index (κ1) is 42.5. The molecule has 2 fully saturated rings. The molecule has 0 aromatic rings. The van der Waals surface area contributed by atoms with Crippen molar-refractivity contribution < 1.29 is 26.2 Å². The summed E-state index contributed by atoms with van der Waals surface area (Å²) in [7, 11) is -1.19. The minimum absolute atomic E-state index is 0. The van der Waals surface area contributed by atoms with E-state index in [1.165, 1.54) is 25.7 Å². The van der Waals surface area contributed by atoms with Crippen molar-refractivity contribution in [1.29, 1.82) is 0 Å². The van der Waals surface area contributed by atoms with Crippen LogP contribution in [0.4, 0.5) is 0 Å². The van der Waals surface area contributed by atoms with Crippen molar-refractivity contribution in [3.8, 4) is 0 Å². The second-order valence-electron chi connectivity index (χ2n) is 10.1. The predicted octanol–water partition coefficient (Wildman–Crippen LogP) is 10.3. The SMILES string of the molecule is C.C=C[Si](C)(C)C1C(C)C(C)C(C)C1C.CCCC1CCC2C=CC=CC21.[CH3-].[CH3-].[CH3-].[CH3-].[Zr+4]. The van der Waals surface area contributed by atoms with Crippen LogP contribution in [0, 0.1) is 71.1 Å². The first-order valence-electron chi connectivity index (χ1n) is 11.2. The number of hydrogen-bond donors (Lipinski definition) is 0. The van der Waals surface area contributed by atoms with Crippen molar-refractivity contribution in [2.24, 2.45) is 41.4 Å². The zero-order valence-electron chi connectivity index (χ0n) is 23.0. The van der Waals surface area contributed by atoms with Crippen molar-refractivity contribution in [2.75, 3.05) is 0 Å². The van der Waals surface area contributed by atoms with E-state index in [1.807, 2.05) is 0 Å². The molecular weight excluding hydrogens is 480 g/mol. The van der Waals surface area contributed by atoms with E-state index in [4.69, 9.17) is 0 Å². The molecule has 0 spiro atoms. The molecule has 0 N–H and O–H groups in total. The summed E-state index contributed by atoms with van der Waals surface area (Å²) in [4.78, 5) is 0. The molecule has 7 atom stereocenters. The topological polar surface area (TPSA) is 0 Å². The Labute approximate surface area is 227 Å². The van der Waals surface area contributed by atoms with E-state index in [9.17, 15) is 0 Å². The second kappa shape index (κ2) is 18.6. The van der Waals surface area contributed by atoms with Crippen LogP contribution >= 0.6 is 0 Å². The van der Waals surface area contributed by atoms with Gasteiger partial charge in [0, 0.05) is 0 Å². The van der Waals surface area contributed by atoms with E-state index in [2.05, 4.69) is 84.3 Å². The van der Waals surface area contributed by atoms with Crippen molar-refractivity contribution in [1.82, 2.24) is 0 Å². The van der Waals surface area contributed by atoms with Gasteiger partial charge in [0.05, 0.1) is 8.07 Å². The van der Waals surface area contributed by atoms with Gasteiger partial charge in [-0.1, -0.05) is 92.3 Å². The fourth-order valence-corrected chi connectivity index (χ4v) is 9.94. The van der Waals surface area contributed by atoms with Gasteiger partial charge in [-0.2, -0.15) is 0 Å². The summed E-state index contributed by atoms with van der Waals surface area (Å²) >= 11 is 0. The summed E-state index contributed by atoms with van der Waals surface area (Å²) in [6, 6.07) is 0. The van der Waals surface area contributed by atoms with Crippen molar-refractivity contribution in [3.05, 3.63) is 66.3 Å². The maximum Gasteiger partial charge on any atom is 4.00 e. The number of allylic oxidation sites excluding steroid dienone is 4. The van der Waals surface area contributed by atoms with E-state index >= 15 is 0 Å². The third-order valence-electron chi connectivity index (χ3n) is 8.38. The summed E-state index contributed by atoms with van der Waals surface area (Å²) in [5.74, 6) is 6.31. The molecule has 32 heavy (non-hydrogen) atoms. The Hall–Kier alpha value is 0.320. The molecule has 3 aliphatic carbocycles. The van der Waals surface area contributed by atoms with E-state index in [1.54, 1.807) is 0 Å². The Kier molecular flexibility index (Phi) is 24.7. The fraction of sp³-hybridized carbons (Fsp3) is 0.667. The van der Waals surface area contributed by atoms with Gasteiger partial charge in [-0.3, -0.25) is 0 Å². The second-order valence-corrected chi connectivity index (χ2v) is 14.8. The maximum absolute atomic E-state index is 4.06. The zero-order valence-corrected chi connectivity index (χ0v) is 26.5. The van der Waals surface area contributed by atoms with Crippen LogP contribution in [0.5, 0.6) is 0 Å². The molecule has 0 bridgehead atoms. The minimum Gasteiger partial charge on any atom is -0.358 e. The van der Waals surface area contributed by atoms with Crippen molar-refractivity contribution in [3.63, 3.8) is 0 Å². The van der Waals surface area contributed by atoms with Crippen LogP contribution in [0.1, 0.15) is 67.7 Å². The molecule has 2 heteroatoms. The van der Waals surface area contributed by atoms with Gasteiger partial charge in [0.25, 0.3) is 0 Å². The van der Waals surface area contributed by atoms with Crippen LogP contribution in [0.2, 0.25) is 18.6 Å². The number of rotatable bonds is 4. The molecule has 0 heterocycles. The monoisotopic (exact) mass is 538 g/mol. The largest absolute Gasteiger partial charge is 4.00 e. The van der Waals surface area contributed by atoms with Crippen molar-refractivity contribution in [2.45, 2.75) is 86.4 Å². The van der Waals surface area contributed by atoms with Gasteiger partial charge in [0.2, 0.25) is 0 Å². The molecule has 0 nitrogen and oxygen atoms in total.